The van der Waals surface area contributed by atoms with E-state index in [1.54, 1.807) is 0 Å². The summed E-state index contributed by atoms with van der Waals surface area (Å²) in [5.41, 5.74) is 19.7. The van der Waals surface area contributed by atoms with E-state index in [0.29, 0.717) is 25.7 Å². The maximum atomic E-state index is 14.1. The molecule has 0 bridgehead atoms. The Hall–Kier alpha value is -7.47. The first-order chi connectivity index (χ1) is 61.1. The topological polar surface area (TPSA) is 524 Å². The van der Waals surface area contributed by atoms with Gasteiger partial charge in [0, 0.05) is 20.3 Å². The van der Waals surface area contributed by atoms with Crippen molar-refractivity contribution in [3.63, 3.8) is 0 Å². The minimum Gasteiger partial charge on any atom is -0.480 e. The van der Waals surface area contributed by atoms with E-state index in [9.17, 15) is 92.7 Å². The SMILES string of the molecule is CC(=O)N[C@H]1[C@@H](O[C@H]2[C@H](O[C@H](C)C(=O)N[C@@H](C)C(=O)N[C@H](CCC(=O)N[C@@H](CCCCN)C(=O)N[C@H](C)C(=O)N[C@H](C)C(=O)O)C(=O)O)[C@@H](NC(C)=O)[C@@H](OP(=O)(O)OP(=O)(O)OCCC(C)CC/C=C(\C)CC/C=C(\C)CC/C=C(\C)CC/C=C(\C)CC/C=C(\C)CC/C=C(\C)CC/C=C(\C)CC/C=C(\C)CC/C=C(\C)CCC=C(C)C)O[C@@H]2CO)O[C@H](CO)[C@@H](O)[C@@H]1O. The number of phosphoric ester groups is 2. The Balaban J connectivity index is 2.06. The van der Waals surface area contributed by atoms with Crippen LogP contribution in [0.15, 0.2) is 116 Å². The van der Waals surface area contributed by atoms with E-state index < -0.39 is 199 Å². The molecule has 0 aromatic heterocycles. The number of hydrogen-bond acceptors (Lipinski definition) is 23. The van der Waals surface area contributed by atoms with Crippen LogP contribution in [0.1, 0.15) is 292 Å². The van der Waals surface area contributed by atoms with Crippen molar-refractivity contribution >= 4 is 68.9 Å². The number of aliphatic carboxylic acids is 2. The van der Waals surface area contributed by atoms with Crippen molar-refractivity contribution in [3.8, 4) is 0 Å². The van der Waals surface area contributed by atoms with Gasteiger partial charge in [0.15, 0.2) is 12.6 Å². The van der Waals surface area contributed by atoms with Gasteiger partial charge in [0.2, 0.25) is 41.4 Å². The van der Waals surface area contributed by atoms with Crippen LogP contribution < -0.4 is 43.0 Å². The molecule has 2 saturated heterocycles. The molecule has 2 heterocycles. The van der Waals surface area contributed by atoms with Crippen molar-refractivity contribution < 1.29 is 125 Å². The number of aliphatic hydroxyl groups is 4. The smallest absolute Gasteiger partial charge is 0.480 e. The van der Waals surface area contributed by atoms with Crippen molar-refractivity contribution in [1.82, 2.24) is 37.2 Å². The number of ether oxygens (including phenoxy) is 4. The predicted molar refractivity (Wildman–Crippen MR) is 499 cm³/mol. The fraction of sp³-hybridized carbons (Fsp3) is 0.691. The van der Waals surface area contributed by atoms with Gasteiger partial charge in [-0.25, -0.2) is 13.9 Å². The Labute approximate surface area is 771 Å². The summed E-state index contributed by atoms with van der Waals surface area (Å²) >= 11 is 0. The molecule has 36 heteroatoms. The Morgan fingerprint density at radius 1 is 0.415 bits per heavy atom. The van der Waals surface area contributed by atoms with E-state index in [0.717, 1.165) is 143 Å². The lowest BCUT2D eigenvalue weighted by atomic mass is 9.94. The number of amides is 7. The summed E-state index contributed by atoms with van der Waals surface area (Å²) in [6, 6.07) is -11.0. The number of phosphoric acid groups is 2. The van der Waals surface area contributed by atoms with E-state index in [1.165, 1.54) is 69.6 Å². The van der Waals surface area contributed by atoms with Gasteiger partial charge in [-0.2, -0.15) is 4.31 Å². The molecule has 3 unspecified atom stereocenters. The number of nitrogens with one attached hydrogen (secondary N) is 7. The van der Waals surface area contributed by atoms with Crippen LogP contribution in [0.2, 0.25) is 0 Å². The number of carboxylic acid groups (broad SMARTS) is 2. The molecule has 34 nitrogen and oxygen atoms in total. The fourth-order valence-corrected chi connectivity index (χ4v) is 16.4. The standard InChI is InChI=1S/C94H158N8O26P2/c1-59(2)31-21-32-60(3)33-22-34-61(4)35-23-36-62(5)37-24-38-63(6)39-25-40-64(7)41-26-42-65(8)43-27-44-66(9)45-28-46-67(10)47-29-48-68(11)49-30-50-69(12)54-56-122-129(118,119)128-130(120,121)127-94-82(100-75(18)106)86(85(79(58-104)125-94)126-93-81(99-74(17)105)84(109)83(108)78(57-103)124-93)123-73(16)89(112)96-71(14)88(111)102-77(92(116)117)52-53-80(107)101-76(51-19-20-55-95)90(113)97-70(13)87(110)98-72(15)91(114)115/h31,33,35,37,39,41,43,45,47,49,69-73,76-79,81-86,93-94,103-104,108-109H,19-30,32,34,36,38,40,42,44,46,48,50-58,95H2,1-18H3,(H,96,112)(H,97,113)(H,98,110)(H,99,105)(H,100,106)(H,101,107)(H,102,111)(H,114,115)(H,116,117)(H,118,119)(H,120,121)/b60-33+,61-35+,62-37+,63-39+,64-41+,65-43+,66-45+,67-47+,68-49+/t69?,70-,71+,72-,73-,76+,77-,78-,79-,81-,82-,83-,84-,85-,86-,93-,94-/m1/s1. The number of hydrogen-bond donors (Lipinski definition) is 16. The van der Waals surface area contributed by atoms with Crippen molar-refractivity contribution in [2.75, 3.05) is 26.4 Å². The molecule has 2 aliphatic rings. The molecule has 17 N–H and O–H groups in total. The predicted octanol–water partition coefficient (Wildman–Crippen LogP) is 12.4. The van der Waals surface area contributed by atoms with Crippen LogP contribution in [0, 0.1) is 5.92 Å². The average Bonchev–Trinajstić information content (AvgIpc) is 0.764. The zero-order valence-corrected chi connectivity index (χ0v) is 82.0. The molecular formula is C94H158N8O26P2. The van der Waals surface area contributed by atoms with Gasteiger partial charge in [-0.3, -0.25) is 47.4 Å². The van der Waals surface area contributed by atoms with Crippen molar-refractivity contribution in [3.05, 3.63) is 116 Å². The maximum Gasteiger partial charge on any atom is 0.483 e. The summed E-state index contributed by atoms with van der Waals surface area (Å²) in [6.07, 6.45) is 26.2. The molecule has 2 rings (SSSR count). The van der Waals surface area contributed by atoms with Gasteiger partial charge in [-0.05, 0) is 277 Å². The van der Waals surface area contributed by atoms with Gasteiger partial charge in [-0.15, -0.1) is 0 Å². The summed E-state index contributed by atoms with van der Waals surface area (Å²) in [5.74, 6) is -9.66. The lowest BCUT2D eigenvalue weighted by Crippen LogP contribution is -2.70. The average molecular weight is 1880 g/mol. The Morgan fingerprint density at radius 3 is 1.22 bits per heavy atom. The number of carbonyl (C=O) groups excluding carboxylic acids is 7. The van der Waals surface area contributed by atoms with Crippen LogP contribution in [-0.2, 0) is 84.6 Å². The third-order valence-corrected chi connectivity index (χ3v) is 25.0. The van der Waals surface area contributed by atoms with Gasteiger partial charge in [0.25, 0.3) is 0 Å². The van der Waals surface area contributed by atoms with E-state index in [2.05, 4.69) is 174 Å². The third-order valence-electron chi connectivity index (χ3n) is 22.4. The van der Waals surface area contributed by atoms with Gasteiger partial charge in [0.05, 0.1) is 19.8 Å². The first-order valence-electron chi connectivity index (χ1n) is 45.8. The van der Waals surface area contributed by atoms with Gasteiger partial charge >= 0.3 is 27.6 Å². The largest absolute Gasteiger partial charge is 0.483 e. The highest BCUT2D eigenvalue weighted by atomic mass is 31.3. The lowest BCUT2D eigenvalue weighted by molar-refractivity contribution is -0.331. The molecule has 2 aliphatic heterocycles. The van der Waals surface area contributed by atoms with Gasteiger partial charge < -0.3 is 102 Å². The monoisotopic (exact) mass is 1880 g/mol. The maximum absolute atomic E-state index is 14.1. The number of allylic oxidation sites excluding steroid dienone is 20. The number of rotatable bonds is 64. The first kappa shape index (κ1) is 119. The molecule has 0 aromatic carbocycles. The zero-order valence-electron chi connectivity index (χ0n) is 80.2. The zero-order chi connectivity index (χ0) is 98.0. The summed E-state index contributed by atoms with van der Waals surface area (Å²) in [4.78, 5) is 138. The molecule has 740 valence electrons. The molecule has 0 saturated carbocycles. The minimum atomic E-state index is -5.93. The van der Waals surface area contributed by atoms with Crippen LogP contribution in [-0.4, -0.2) is 218 Å². The molecule has 0 aromatic rings. The molecule has 7 amide bonds. The van der Waals surface area contributed by atoms with E-state index in [4.69, 9.17) is 38.0 Å². The van der Waals surface area contributed by atoms with Crippen LogP contribution >= 0.6 is 15.6 Å². The second-order valence-corrected chi connectivity index (χ2v) is 38.1. The first-order valence-corrected chi connectivity index (χ1v) is 48.7. The Bertz CT molecular complexity index is 4000. The number of aliphatic hydroxyl groups excluding tert-OH is 4. The van der Waals surface area contributed by atoms with Crippen LogP contribution in [0.25, 0.3) is 0 Å². The summed E-state index contributed by atoms with van der Waals surface area (Å²) < 4.78 is 66.5. The molecule has 130 heavy (non-hydrogen) atoms. The van der Waals surface area contributed by atoms with Crippen LogP contribution in [0.3, 0.4) is 0 Å². The molecule has 0 aliphatic carbocycles. The highest BCUT2D eigenvalue weighted by molar-refractivity contribution is 7.61. The third kappa shape index (κ3) is 50.6. The van der Waals surface area contributed by atoms with Crippen molar-refractivity contribution in [2.24, 2.45) is 11.7 Å². The summed E-state index contributed by atoms with van der Waals surface area (Å²) in [5, 5.41) is 78.7. The number of nitrogens with two attached hydrogens (primary N) is 1. The molecule has 0 radical (unpaired) electrons. The molecular weight excluding hydrogens is 1720 g/mol. The second-order valence-electron chi connectivity index (χ2n) is 35.1. The second kappa shape index (κ2) is 63.7. The normalized spacial score (nSPS) is 22.5. The Morgan fingerprint density at radius 2 is 0.815 bits per heavy atom. The minimum absolute atomic E-state index is 0.0188. The highest BCUT2D eigenvalue weighted by Gasteiger charge is 2.55. The van der Waals surface area contributed by atoms with Gasteiger partial charge in [0.1, 0.15) is 85.0 Å². The lowest BCUT2D eigenvalue weighted by Gasteiger charge is -2.49. The van der Waals surface area contributed by atoms with Gasteiger partial charge in [-0.1, -0.05) is 123 Å². The van der Waals surface area contributed by atoms with Crippen LogP contribution in [0.4, 0.5) is 0 Å². The highest BCUT2D eigenvalue weighted by Crippen LogP contribution is 2.61. The fourth-order valence-electron chi connectivity index (χ4n) is 14.2. The molecule has 0 spiro atoms. The van der Waals surface area contributed by atoms with E-state index in [-0.39, 0.29) is 25.3 Å². The molecule has 19 atom stereocenters. The Kier molecular flexibility index (Phi) is 58.1. The summed E-state index contributed by atoms with van der Waals surface area (Å²) in [6.45, 7) is 30.5. The molecule has 2 fully saturated rings. The van der Waals surface area contributed by atoms with Crippen molar-refractivity contribution in [1.29, 1.82) is 0 Å². The van der Waals surface area contributed by atoms with Crippen LogP contribution in [0.5, 0.6) is 0 Å². The quantitative estimate of drug-likeness (QED) is 0.0153. The van der Waals surface area contributed by atoms with E-state index >= 15 is 0 Å². The number of unbranched alkanes of at least 4 members (excludes halogenated alkanes) is 1. The van der Waals surface area contributed by atoms with Crippen molar-refractivity contribution in [2.45, 2.75) is 389 Å². The summed E-state index contributed by atoms with van der Waals surface area (Å²) in [7, 11) is -11.4. The van der Waals surface area contributed by atoms with E-state index in [1.807, 2.05) is 6.92 Å². The number of carboxylic acids is 2. The number of carbonyl (C=O) groups is 9.